The van der Waals surface area contributed by atoms with E-state index in [9.17, 15) is 9.59 Å². The topological polar surface area (TPSA) is 88.4 Å². The number of carbonyl (C=O) groups is 1. The number of thiazole rings is 1. The van der Waals surface area contributed by atoms with Crippen LogP contribution >= 0.6 is 46.1 Å². The first kappa shape index (κ1) is 34.3. The standard InChI is InChI=1S/C37H29Cl3N2O6S/c1-4-47-36(44)31-32(22-8-6-5-7-9-22)41-37-42(33(31)23-11-14-26(45-2)15-12-23)35(43)30(49-37)18-21-16-28(40)34(29(17-21)46-3)48-20-24-10-13-25(38)19-27(24)39/h5-19,33H,4,20H2,1-3H3/b30-18-/t33-/m1/s1. The van der Waals surface area contributed by atoms with Crippen molar-refractivity contribution in [2.45, 2.75) is 19.6 Å². The molecule has 4 aromatic carbocycles. The highest BCUT2D eigenvalue weighted by Crippen LogP contribution is 2.38. The molecule has 8 nitrogen and oxygen atoms in total. The second-order valence-corrected chi connectivity index (χ2v) is 13.0. The summed E-state index contributed by atoms with van der Waals surface area (Å²) in [6, 6.07) is 24.3. The Kier molecular flexibility index (Phi) is 10.5. The van der Waals surface area contributed by atoms with Crippen molar-refractivity contribution in [1.82, 2.24) is 4.57 Å². The Morgan fingerprint density at radius 3 is 2.37 bits per heavy atom. The monoisotopic (exact) mass is 734 g/mol. The van der Waals surface area contributed by atoms with Crippen LogP contribution in [0.5, 0.6) is 17.2 Å². The van der Waals surface area contributed by atoms with E-state index >= 15 is 0 Å². The van der Waals surface area contributed by atoms with Gasteiger partial charge in [0, 0.05) is 21.2 Å². The van der Waals surface area contributed by atoms with Crippen molar-refractivity contribution in [2.75, 3.05) is 20.8 Å². The molecule has 250 valence electrons. The molecule has 12 heteroatoms. The highest BCUT2D eigenvalue weighted by atomic mass is 35.5. The summed E-state index contributed by atoms with van der Waals surface area (Å²) in [6.07, 6.45) is 1.71. The van der Waals surface area contributed by atoms with Gasteiger partial charge in [0.2, 0.25) is 0 Å². The SMILES string of the molecule is CCOC(=O)C1=C(c2ccccc2)N=c2s/c(=C\c3cc(Cl)c(OCc4ccc(Cl)cc4Cl)c(OC)c3)c(=O)n2[C@@H]1c1ccc(OC)cc1. The first-order valence-corrected chi connectivity index (χ1v) is 17.0. The number of hydrogen-bond acceptors (Lipinski definition) is 8. The molecule has 0 unspecified atom stereocenters. The minimum Gasteiger partial charge on any atom is -0.497 e. The Balaban J connectivity index is 1.48. The molecule has 0 aliphatic carbocycles. The van der Waals surface area contributed by atoms with Crippen molar-refractivity contribution in [1.29, 1.82) is 0 Å². The molecular weight excluding hydrogens is 707 g/mol. The second kappa shape index (κ2) is 14.9. The molecule has 5 aromatic rings. The fourth-order valence-corrected chi connectivity index (χ4v) is 7.18. The van der Waals surface area contributed by atoms with Crippen molar-refractivity contribution in [2.24, 2.45) is 4.99 Å². The Morgan fingerprint density at radius 1 is 0.939 bits per heavy atom. The largest absolute Gasteiger partial charge is 0.497 e. The van der Waals surface area contributed by atoms with E-state index in [-0.39, 0.29) is 29.4 Å². The number of carbonyl (C=O) groups excluding carboxylic acids is 1. The third-order valence-electron chi connectivity index (χ3n) is 7.74. The fourth-order valence-electron chi connectivity index (χ4n) is 5.45. The van der Waals surface area contributed by atoms with Gasteiger partial charge in [0.25, 0.3) is 5.56 Å². The number of nitrogens with zero attached hydrogens (tertiary/aromatic N) is 2. The van der Waals surface area contributed by atoms with Gasteiger partial charge in [0.1, 0.15) is 12.4 Å². The normalized spacial score (nSPS) is 14.2. The van der Waals surface area contributed by atoms with Crippen molar-refractivity contribution >= 4 is 63.9 Å². The Bertz CT molecular complexity index is 2250. The van der Waals surface area contributed by atoms with Gasteiger partial charge in [-0.2, -0.15) is 0 Å². The molecule has 0 spiro atoms. The van der Waals surface area contributed by atoms with Crippen LogP contribution in [0.25, 0.3) is 11.8 Å². The predicted octanol–water partition coefficient (Wildman–Crippen LogP) is 7.49. The van der Waals surface area contributed by atoms with Crippen molar-refractivity contribution in [3.05, 3.63) is 148 Å². The summed E-state index contributed by atoms with van der Waals surface area (Å²) in [7, 11) is 3.08. The number of fused-ring (bicyclic) bond motifs is 1. The highest BCUT2D eigenvalue weighted by Gasteiger charge is 2.35. The number of rotatable bonds is 10. The lowest BCUT2D eigenvalue weighted by Crippen LogP contribution is -2.40. The second-order valence-electron chi connectivity index (χ2n) is 10.8. The lowest BCUT2D eigenvalue weighted by Gasteiger charge is -2.26. The average molecular weight is 736 g/mol. The van der Waals surface area contributed by atoms with Gasteiger partial charge in [0.15, 0.2) is 16.3 Å². The van der Waals surface area contributed by atoms with Gasteiger partial charge in [-0.3, -0.25) is 9.36 Å². The molecule has 0 saturated heterocycles. The van der Waals surface area contributed by atoms with Crippen LogP contribution in [-0.4, -0.2) is 31.4 Å². The molecule has 0 saturated carbocycles. The third kappa shape index (κ3) is 7.12. The average Bonchev–Trinajstić information content (AvgIpc) is 3.41. The van der Waals surface area contributed by atoms with Gasteiger partial charge in [-0.1, -0.05) is 94.7 Å². The van der Waals surface area contributed by atoms with E-state index in [4.69, 9.17) is 58.7 Å². The smallest absolute Gasteiger partial charge is 0.338 e. The first-order valence-electron chi connectivity index (χ1n) is 15.1. The van der Waals surface area contributed by atoms with Crippen molar-refractivity contribution < 1.29 is 23.7 Å². The van der Waals surface area contributed by atoms with Gasteiger partial charge in [0.05, 0.1) is 47.7 Å². The van der Waals surface area contributed by atoms with Crippen LogP contribution in [0.1, 0.15) is 35.2 Å². The summed E-state index contributed by atoms with van der Waals surface area (Å²) in [5.74, 6) is 0.756. The van der Waals surface area contributed by atoms with Crippen LogP contribution in [0.3, 0.4) is 0 Å². The summed E-state index contributed by atoms with van der Waals surface area (Å²) in [5, 5.41) is 1.25. The molecule has 49 heavy (non-hydrogen) atoms. The zero-order chi connectivity index (χ0) is 34.7. The number of esters is 1. The molecule has 1 aliphatic rings. The van der Waals surface area contributed by atoms with Crippen LogP contribution in [0.2, 0.25) is 15.1 Å². The van der Waals surface area contributed by atoms with Crippen LogP contribution in [0, 0.1) is 0 Å². The summed E-state index contributed by atoms with van der Waals surface area (Å²) in [5.41, 5.74) is 3.06. The minimum absolute atomic E-state index is 0.127. The van der Waals surface area contributed by atoms with Crippen LogP contribution in [-0.2, 0) is 16.1 Å². The summed E-state index contributed by atoms with van der Waals surface area (Å²) < 4.78 is 24.5. The van der Waals surface area contributed by atoms with Gasteiger partial charge >= 0.3 is 5.97 Å². The molecular formula is C37H29Cl3N2O6S. The van der Waals surface area contributed by atoms with Gasteiger partial charge in [-0.05, 0) is 60.5 Å². The number of halogens is 3. The summed E-state index contributed by atoms with van der Waals surface area (Å²) >= 11 is 20.3. The van der Waals surface area contributed by atoms with E-state index in [1.807, 2.05) is 42.5 Å². The number of methoxy groups -OCH3 is 2. The minimum atomic E-state index is -0.827. The predicted molar refractivity (Wildman–Crippen MR) is 193 cm³/mol. The molecule has 0 bridgehead atoms. The van der Waals surface area contributed by atoms with Crippen molar-refractivity contribution in [3.63, 3.8) is 0 Å². The molecule has 0 radical (unpaired) electrons. The molecule has 1 atom stereocenters. The molecule has 1 aliphatic heterocycles. The summed E-state index contributed by atoms with van der Waals surface area (Å²) in [4.78, 5) is 33.3. The maximum atomic E-state index is 14.3. The van der Waals surface area contributed by atoms with Crippen molar-refractivity contribution in [3.8, 4) is 17.2 Å². The van der Waals surface area contributed by atoms with Crippen LogP contribution in [0.4, 0.5) is 0 Å². The van der Waals surface area contributed by atoms with Crippen LogP contribution in [0.15, 0.2) is 100 Å². The zero-order valence-corrected chi connectivity index (χ0v) is 29.6. The molecule has 1 aromatic heterocycles. The van der Waals surface area contributed by atoms with E-state index in [0.29, 0.717) is 59.0 Å². The van der Waals surface area contributed by atoms with E-state index in [2.05, 4.69) is 0 Å². The quantitative estimate of drug-likeness (QED) is 0.138. The molecule has 2 heterocycles. The zero-order valence-electron chi connectivity index (χ0n) is 26.5. The van der Waals surface area contributed by atoms with Gasteiger partial charge in [-0.15, -0.1) is 0 Å². The third-order valence-corrected chi connectivity index (χ3v) is 9.59. The van der Waals surface area contributed by atoms with Gasteiger partial charge < -0.3 is 18.9 Å². The number of hydrogen-bond donors (Lipinski definition) is 0. The van der Waals surface area contributed by atoms with E-state index in [0.717, 1.165) is 5.56 Å². The highest BCUT2D eigenvalue weighted by molar-refractivity contribution is 7.07. The number of aromatic nitrogens is 1. The Labute approximate surface area is 301 Å². The molecule has 6 rings (SSSR count). The van der Waals surface area contributed by atoms with E-state index in [1.165, 1.54) is 23.0 Å². The lowest BCUT2D eigenvalue weighted by molar-refractivity contribution is -0.138. The van der Waals surface area contributed by atoms with E-state index in [1.54, 1.807) is 62.6 Å². The first-order chi connectivity index (χ1) is 23.7. The Hall–Kier alpha value is -4.54. The van der Waals surface area contributed by atoms with Gasteiger partial charge in [-0.25, -0.2) is 9.79 Å². The van der Waals surface area contributed by atoms with E-state index < -0.39 is 12.0 Å². The number of ether oxygens (including phenoxy) is 4. The molecule has 0 amide bonds. The molecule has 0 N–H and O–H groups in total. The lowest BCUT2D eigenvalue weighted by atomic mass is 9.93. The maximum absolute atomic E-state index is 14.3. The molecule has 0 fully saturated rings. The Morgan fingerprint density at radius 2 is 1.69 bits per heavy atom. The maximum Gasteiger partial charge on any atom is 0.338 e. The van der Waals surface area contributed by atoms with Crippen LogP contribution < -0.4 is 29.1 Å². The summed E-state index contributed by atoms with van der Waals surface area (Å²) in [6.45, 7) is 2.02. The fraction of sp³-hybridized carbons (Fsp3) is 0.162. The number of benzene rings is 4.